The molecule has 1 aliphatic heterocycles. The topological polar surface area (TPSA) is 79.6 Å². The van der Waals surface area contributed by atoms with Crippen molar-refractivity contribution in [3.05, 3.63) is 42.5 Å². The van der Waals surface area contributed by atoms with Gasteiger partial charge in [-0.3, -0.25) is 14.5 Å². The SMILES string of the molecule is CN=C(NCc1nncn1-c1ccccc1)NCC(C(C)C)N1CCOCC1. The second-order valence-electron chi connectivity index (χ2n) is 7.22. The van der Waals surface area contributed by atoms with Gasteiger partial charge in [0.05, 0.1) is 19.8 Å². The molecule has 0 saturated carbocycles. The van der Waals surface area contributed by atoms with Crippen molar-refractivity contribution < 1.29 is 4.74 Å². The maximum absolute atomic E-state index is 5.49. The third-order valence-corrected chi connectivity index (χ3v) is 5.05. The lowest BCUT2D eigenvalue weighted by Crippen LogP contribution is -2.52. The Balaban J connectivity index is 1.56. The Hall–Kier alpha value is -2.45. The summed E-state index contributed by atoms with van der Waals surface area (Å²) in [4.78, 5) is 6.86. The number of nitrogens with one attached hydrogen (secondary N) is 2. The lowest BCUT2D eigenvalue weighted by molar-refractivity contribution is 0.00752. The van der Waals surface area contributed by atoms with Crippen molar-refractivity contribution in [2.24, 2.45) is 10.9 Å². The van der Waals surface area contributed by atoms with Gasteiger partial charge in [0, 0.05) is 38.4 Å². The minimum Gasteiger partial charge on any atom is -0.379 e. The summed E-state index contributed by atoms with van der Waals surface area (Å²) in [7, 11) is 1.79. The number of nitrogens with zero attached hydrogens (tertiary/aromatic N) is 5. The van der Waals surface area contributed by atoms with Crippen LogP contribution in [0.5, 0.6) is 0 Å². The van der Waals surface area contributed by atoms with E-state index in [-0.39, 0.29) is 0 Å². The summed E-state index contributed by atoms with van der Waals surface area (Å²) in [5.74, 6) is 2.15. The minimum absolute atomic E-state index is 0.440. The molecule has 1 fully saturated rings. The molecule has 1 unspecified atom stereocenters. The second-order valence-corrected chi connectivity index (χ2v) is 7.22. The van der Waals surface area contributed by atoms with E-state index in [0.717, 1.165) is 50.3 Å². The highest BCUT2D eigenvalue weighted by Crippen LogP contribution is 2.12. The van der Waals surface area contributed by atoms with Crippen molar-refractivity contribution in [2.75, 3.05) is 39.9 Å². The minimum atomic E-state index is 0.440. The lowest BCUT2D eigenvalue weighted by Gasteiger charge is -2.37. The number of morpholine rings is 1. The Kier molecular flexibility index (Phi) is 7.39. The highest BCUT2D eigenvalue weighted by Gasteiger charge is 2.23. The molecule has 2 aromatic rings. The van der Waals surface area contributed by atoms with E-state index in [4.69, 9.17) is 4.74 Å². The van der Waals surface area contributed by atoms with E-state index in [1.54, 1.807) is 13.4 Å². The normalized spacial score (nSPS) is 16.9. The van der Waals surface area contributed by atoms with Crippen LogP contribution in [-0.2, 0) is 11.3 Å². The van der Waals surface area contributed by atoms with Crippen LogP contribution in [0.4, 0.5) is 0 Å². The molecule has 8 nitrogen and oxygen atoms in total. The Morgan fingerprint density at radius 1 is 1.18 bits per heavy atom. The van der Waals surface area contributed by atoms with Gasteiger partial charge in [-0.1, -0.05) is 32.0 Å². The number of rotatable bonds is 7. The first kappa shape index (κ1) is 20.3. The Bertz CT molecular complexity index is 738. The molecule has 0 radical (unpaired) electrons. The average Bonchev–Trinajstić information content (AvgIpc) is 3.20. The van der Waals surface area contributed by atoms with Gasteiger partial charge < -0.3 is 15.4 Å². The number of hydrogen-bond donors (Lipinski definition) is 2. The molecule has 0 spiro atoms. The molecule has 8 heteroatoms. The van der Waals surface area contributed by atoms with Crippen LogP contribution < -0.4 is 10.6 Å². The van der Waals surface area contributed by atoms with E-state index in [2.05, 4.69) is 44.6 Å². The van der Waals surface area contributed by atoms with Crippen molar-refractivity contribution in [3.63, 3.8) is 0 Å². The summed E-state index contributed by atoms with van der Waals surface area (Å²) < 4.78 is 7.47. The number of ether oxygens (including phenoxy) is 1. The van der Waals surface area contributed by atoms with Crippen LogP contribution in [0, 0.1) is 5.92 Å². The fourth-order valence-electron chi connectivity index (χ4n) is 3.46. The largest absolute Gasteiger partial charge is 0.379 e. The first-order chi connectivity index (χ1) is 13.7. The van der Waals surface area contributed by atoms with Crippen molar-refractivity contribution >= 4 is 5.96 Å². The predicted octanol–water partition coefficient (Wildman–Crippen LogP) is 1.29. The first-order valence-electron chi connectivity index (χ1n) is 9.89. The van der Waals surface area contributed by atoms with Crippen LogP contribution in [-0.4, -0.2) is 71.6 Å². The van der Waals surface area contributed by atoms with E-state index < -0.39 is 0 Å². The zero-order valence-electron chi connectivity index (χ0n) is 17.0. The number of para-hydroxylation sites is 1. The molecule has 1 atom stereocenters. The maximum Gasteiger partial charge on any atom is 0.191 e. The third-order valence-electron chi connectivity index (χ3n) is 5.05. The van der Waals surface area contributed by atoms with E-state index in [9.17, 15) is 0 Å². The molecular formula is C20H31N7O. The Morgan fingerprint density at radius 3 is 2.61 bits per heavy atom. The van der Waals surface area contributed by atoms with E-state index >= 15 is 0 Å². The van der Waals surface area contributed by atoms with Crippen molar-refractivity contribution in [2.45, 2.75) is 26.4 Å². The van der Waals surface area contributed by atoms with E-state index in [1.807, 2.05) is 34.9 Å². The summed E-state index contributed by atoms with van der Waals surface area (Å²) in [5, 5.41) is 15.1. The van der Waals surface area contributed by atoms with Gasteiger partial charge in [-0.05, 0) is 18.1 Å². The molecular weight excluding hydrogens is 354 g/mol. The Labute approximate surface area is 167 Å². The zero-order valence-corrected chi connectivity index (χ0v) is 17.0. The highest BCUT2D eigenvalue weighted by molar-refractivity contribution is 5.79. The lowest BCUT2D eigenvalue weighted by atomic mass is 10.0. The van der Waals surface area contributed by atoms with Gasteiger partial charge in [-0.25, -0.2) is 0 Å². The van der Waals surface area contributed by atoms with E-state index in [0.29, 0.717) is 18.5 Å². The highest BCUT2D eigenvalue weighted by atomic mass is 16.5. The smallest absolute Gasteiger partial charge is 0.191 e. The molecule has 1 aromatic heterocycles. The summed E-state index contributed by atoms with van der Waals surface area (Å²) >= 11 is 0. The second kappa shape index (κ2) is 10.2. The van der Waals surface area contributed by atoms with Crippen LogP contribution in [0.15, 0.2) is 41.7 Å². The molecule has 0 aliphatic carbocycles. The van der Waals surface area contributed by atoms with Crippen LogP contribution in [0.25, 0.3) is 5.69 Å². The van der Waals surface area contributed by atoms with Gasteiger partial charge in [0.25, 0.3) is 0 Å². The third kappa shape index (κ3) is 5.30. The summed E-state index contributed by atoms with van der Waals surface area (Å²) in [6.45, 7) is 9.49. The quantitative estimate of drug-likeness (QED) is 0.552. The monoisotopic (exact) mass is 385 g/mol. The zero-order chi connectivity index (χ0) is 19.8. The maximum atomic E-state index is 5.49. The first-order valence-corrected chi connectivity index (χ1v) is 9.89. The average molecular weight is 386 g/mol. The van der Waals surface area contributed by atoms with Gasteiger partial charge in [0.2, 0.25) is 0 Å². The molecule has 152 valence electrons. The molecule has 0 bridgehead atoms. The van der Waals surface area contributed by atoms with Crippen LogP contribution in [0.2, 0.25) is 0 Å². The fourth-order valence-corrected chi connectivity index (χ4v) is 3.46. The molecule has 2 heterocycles. The fraction of sp³-hybridized carbons (Fsp3) is 0.550. The molecule has 28 heavy (non-hydrogen) atoms. The van der Waals surface area contributed by atoms with Gasteiger partial charge in [-0.15, -0.1) is 10.2 Å². The van der Waals surface area contributed by atoms with Crippen molar-refractivity contribution in [3.8, 4) is 5.69 Å². The van der Waals surface area contributed by atoms with Crippen LogP contribution in [0.3, 0.4) is 0 Å². The van der Waals surface area contributed by atoms with Crippen LogP contribution >= 0.6 is 0 Å². The molecule has 1 aliphatic rings. The predicted molar refractivity (Wildman–Crippen MR) is 111 cm³/mol. The molecule has 1 saturated heterocycles. The molecule has 2 N–H and O–H groups in total. The van der Waals surface area contributed by atoms with Gasteiger partial charge in [-0.2, -0.15) is 0 Å². The van der Waals surface area contributed by atoms with Gasteiger partial charge in [0.1, 0.15) is 6.33 Å². The summed E-state index contributed by atoms with van der Waals surface area (Å²) in [6, 6.07) is 10.5. The van der Waals surface area contributed by atoms with E-state index in [1.165, 1.54) is 0 Å². The van der Waals surface area contributed by atoms with Crippen molar-refractivity contribution in [1.29, 1.82) is 0 Å². The number of benzene rings is 1. The molecule has 0 amide bonds. The number of guanidine groups is 1. The number of aliphatic imine (C=N–C) groups is 1. The van der Waals surface area contributed by atoms with Gasteiger partial charge in [0.15, 0.2) is 11.8 Å². The van der Waals surface area contributed by atoms with Crippen LogP contribution in [0.1, 0.15) is 19.7 Å². The molecule has 1 aromatic carbocycles. The van der Waals surface area contributed by atoms with Crippen molar-refractivity contribution in [1.82, 2.24) is 30.3 Å². The standard InChI is InChI=1S/C20H31N7O/c1-16(2)18(26-9-11-28-12-10-26)13-22-20(21-3)23-14-19-25-24-15-27(19)17-7-5-4-6-8-17/h4-8,15-16,18H,9-14H2,1-3H3,(H2,21,22,23). The summed E-state index contributed by atoms with van der Waals surface area (Å²) in [6.07, 6.45) is 1.73. The molecule has 3 rings (SSSR count). The van der Waals surface area contributed by atoms with Gasteiger partial charge >= 0.3 is 0 Å². The number of aromatic nitrogens is 3. The summed E-state index contributed by atoms with van der Waals surface area (Å²) in [5.41, 5.74) is 1.04. The number of hydrogen-bond acceptors (Lipinski definition) is 5. The Morgan fingerprint density at radius 2 is 1.93 bits per heavy atom.